The van der Waals surface area contributed by atoms with E-state index >= 15 is 0 Å². The number of aromatic nitrogens is 2. The molecule has 2 N–H and O–H groups in total. The molecule has 2 aliphatic rings. The summed E-state index contributed by atoms with van der Waals surface area (Å²) in [6, 6.07) is 16.6. The van der Waals surface area contributed by atoms with Crippen LogP contribution in [0.15, 0.2) is 59.4 Å². The standard InChI is InChI=1S/C26H26N4O3/c1-16-20(14-17-8-3-2-4-9-17)26(33)29-24(27-16)22-12-7-13-30(22)23(31)15-21-18-10-5-6-11-19(18)25(32)28-21/h2-6,8-11,21-22H,7,12-15H2,1H3,(H,28,32)(H,27,29,33)/t21-,22-/m1/s1. The monoisotopic (exact) mass is 442 g/mol. The van der Waals surface area contributed by atoms with Crippen molar-refractivity contribution >= 4 is 11.8 Å². The van der Waals surface area contributed by atoms with Gasteiger partial charge in [-0.3, -0.25) is 14.4 Å². The van der Waals surface area contributed by atoms with Gasteiger partial charge in [0.2, 0.25) is 5.91 Å². The van der Waals surface area contributed by atoms with E-state index in [1.165, 1.54) is 0 Å². The first-order chi connectivity index (χ1) is 16.0. The number of aryl methyl sites for hydroxylation is 1. The number of carbonyl (C=O) groups is 2. The summed E-state index contributed by atoms with van der Waals surface area (Å²) in [4.78, 5) is 47.8. The molecule has 5 rings (SSSR count). The van der Waals surface area contributed by atoms with Crippen molar-refractivity contribution in [2.24, 2.45) is 0 Å². The van der Waals surface area contributed by atoms with Gasteiger partial charge in [0.1, 0.15) is 5.82 Å². The Morgan fingerprint density at radius 1 is 1.09 bits per heavy atom. The van der Waals surface area contributed by atoms with Gasteiger partial charge in [0.05, 0.1) is 18.5 Å². The van der Waals surface area contributed by atoms with Crippen LogP contribution in [0.4, 0.5) is 0 Å². The van der Waals surface area contributed by atoms with Crippen LogP contribution in [0.25, 0.3) is 0 Å². The summed E-state index contributed by atoms with van der Waals surface area (Å²) in [7, 11) is 0. The zero-order valence-corrected chi connectivity index (χ0v) is 18.5. The van der Waals surface area contributed by atoms with Crippen molar-refractivity contribution in [2.75, 3.05) is 6.54 Å². The maximum atomic E-state index is 13.2. The minimum atomic E-state index is -0.329. The summed E-state index contributed by atoms with van der Waals surface area (Å²) < 4.78 is 0. The van der Waals surface area contributed by atoms with Crippen molar-refractivity contribution in [3.05, 3.63) is 98.7 Å². The van der Waals surface area contributed by atoms with Gasteiger partial charge in [-0.2, -0.15) is 0 Å². The van der Waals surface area contributed by atoms with E-state index in [0.717, 1.165) is 24.0 Å². The molecule has 7 nitrogen and oxygen atoms in total. The third kappa shape index (κ3) is 4.06. The van der Waals surface area contributed by atoms with Crippen molar-refractivity contribution < 1.29 is 9.59 Å². The molecule has 0 aliphatic carbocycles. The van der Waals surface area contributed by atoms with Gasteiger partial charge < -0.3 is 15.2 Å². The topological polar surface area (TPSA) is 95.2 Å². The van der Waals surface area contributed by atoms with Crippen LogP contribution in [-0.2, 0) is 11.2 Å². The van der Waals surface area contributed by atoms with Gasteiger partial charge in [0, 0.05) is 29.8 Å². The molecule has 0 radical (unpaired) electrons. The summed E-state index contributed by atoms with van der Waals surface area (Å²) in [6.45, 7) is 2.46. The first-order valence-corrected chi connectivity index (χ1v) is 11.3. The number of fused-ring (bicyclic) bond motifs is 1. The number of rotatable bonds is 5. The molecule has 33 heavy (non-hydrogen) atoms. The van der Waals surface area contributed by atoms with E-state index in [0.29, 0.717) is 35.6 Å². The van der Waals surface area contributed by atoms with Crippen LogP contribution >= 0.6 is 0 Å². The Kier molecular flexibility index (Phi) is 5.54. The number of nitrogens with zero attached hydrogens (tertiary/aromatic N) is 2. The largest absolute Gasteiger partial charge is 0.345 e. The third-order valence-electron chi connectivity index (χ3n) is 6.62. The summed E-state index contributed by atoms with van der Waals surface area (Å²) in [5, 5.41) is 2.92. The van der Waals surface area contributed by atoms with E-state index < -0.39 is 0 Å². The van der Waals surface area contributed by atoms with Crippen molar-refractivity contribution in [3.63, 3.8) is 0 Å². The van der Waals surface area contributed by atoms with Gasteiger partial charge in [-0.1, -0.05) is 48.5 Å². The van der Waals surface area contributed by atoms with E-state index in [-0.39, 0.29) is 35.9 Å². The van der Waals surface area contributed by atoms with Crippen LogP contribution in [-0.4, -0.2) is 33.2 Å². The molecule has 1 fully saturated rings. The summed E-state index contributed by atoms with van der Waals surface area (Å²) in [5.74, 6) is 0.348. The molecule has 0 unspecified atom stereocenters. The van der Waals surface area contributed by atoms with Gasteiger partial charge >= 0.3 is 0 Å². The third-order valence-corrected chi connectivity index (χ3v) is 6.62. The SMILES string of the molecule is Cc1nc([C@H]2CCCN2C(=O)C[C@H]2NC(=O)c3ccccc32)[nH]c(=O)c1Cc1ccccc1. The Hall–Kier alpha value is -3.74. The highest BCUT2D eigenvalue weighted by molar-refractivity contribution is 5.99. The molecule has 0 saturated carbocycles. The minimum Gasteiger partial charge on any atom is -0.345 e. The molecule has 2 aromatic carbocycles. The zero-order valence-electron chi connectivity index (χ0n) is 18.5. The smallest absolute Gasteiger partial charge is 0.254 e. The quantitative estimate of drug-likeness (QED) is 0.634. The van der Waals surface area contributed by atoms with Crippen LogP contribution in [0.5, 0.6) is 0 Å². The maximum Gasteiger partial charge on any atom is 0.254 e. The summed E-state index contributed by atoms with van der Waals surface area (Å²) in [5.41, 5.74) is 3.72. The second-order valence-corrected chi connectivity index (χ2v) is 8.74. The van der Waals surface area contributed by atoms with Gasteiger partial charge in [0.25, 0.3) is 11.5 Å². The first kappa shape index (κ1) is 21.1. The van der Waals surface area contributed by atoms with Gasteiger partial charge in [0.15, 0.2) is 0 Å². The lowest BCUT2D eigenvalue weighted by atomic mass is 10.0. The van der Waals surface area contributed by atoms with Crippen LogP contribution < -0.4 is 10.9 Å². The Morgan fingerprint density at radius 3 is 2.64 bits per heavy atom. The average Bonchev–Trinajstić information content (AvgIpc) is 3.42. The molecule has 3 aromatic rings. The van der Waals surface area contributed by atoms with E-state index in [4.69, 9.17) is 4.98 Å². The summed E-state index contributed by atoms with van der Waals surface area (Å²) >= 11 is 0. The van der Waals surface area contributed by atoms with Gasteiger partial charge in [-0.05, 0) is 37.0 Å². The number of aromatic amines is 1. The molecule has 1 aromatic heterocycles. The highest BCUT2D eigenvalue weighted by Crippen LogP contribution is 2.33. The van der Waals surface area contributed by atoms with Gasteiger partial charge in [-0.15, -0.1) is 0 Å². The maximum absolute atomic E-state index is 13.2. The molecule has 1 saturated heterocycles. The lowest BCUT2D eigenvalue weighted by Crippen LogP contribution is -2.35. The Bertz CT molecular complexity index is 1270. The van der Waals surface area contributed by atoms with Crippen molar-refractivity contribution in [1.29, 1.82) is 0 Å². The van der Waals surface area contributed by atoms with Crippen LogP contribution in [0.1, 0.15) is 69.9 Å². The number of carbonyl (C=O) groups excluding carboxylic acids is 2. The highest BCUT2D eigenvalue weighted by atomic mass is 16.2. The normalized spacial score (nSPS) is 19.4. The van der Waals surface area contributed by atoms with Crippen LogP contribution in [0.3, 0.4) is 0 Å². The van der Waals surface area contributed by atoms with E-state index in [1.807, 2.05) is 55.5 Å². The lowest BCUT2D eigenvalue weighted by Gasteiger charge is -2.26. The summed E-state index contributed by atoms with van der Waals surface area (Å²) in [6.07, 6.45) is 2.30. The Balaban J connectivity index is 1.35. The van der Waals surface area contributed by atoms with Crippen molar-refractivity contribution in [2.45, 2.75) is 44.7 Å². The number of benzene rings is 2. The predicted octanol–water partition coefficient (Wildman–Crippen LogP) is 3.21. The molecule has 168 valence electrons. The van der Waals surface area contributed by atoms with Crippen LogP contribution in [0.2, 0.25) is 0 Å². The predicted molar refractivity (Wildman–Crippen MR) is 124 cm³/mol. The fourth-order valence-electron chi connectivity index (χ4n) is 4.92. The van der Waals surface area contributed by atoms with Gasteiger partial charge in [-0.25, -0.2) is 4.98 Å². The van der Waals surface area contributed by atoms with Crippen molar-refractivity contribution in [3.8, 4) is 0 Å². The first-order valence-electron chi connectivity index (χ1n) is 11.3. The average molecular weight is 443 g/mol. The number of nitrogens with one attached hydrogen (secondary N) is 2. The zero-order chi connectivity index (χ0) is 22.9. The Morgan fingerprint density at radius 2 is 1.85 bits per heavy atom. The highest BCUT2D eigenvalue weighted by Gasteiger charge is 2.36. The molecule has 0 spiro atoms. The molecule has 2 atom stereocenters. The number of H-pyrrole nitrogens is 1. The molecular formula is C26H26N4O3. The van der Waals surface area contributed by atoms with E-state index in [1.54, 1.807) is 11.0 Å². The molecule has 2 amide bonds. The van der Waals surface area contributed by atoms with Crippen LogP contribution in [0, 0.1) is 6.92 Å². The number of likely N-dealkylation sites (tertiary alicyclic amines) is 1. The molecule has 7 heteroatoms. The van der Waals surface area contributed by atoms with E-state index in [9.17, 15) is 14.4 Å². The fourth-order valence-corrected chi connectivity index (χ4v) is 4.92. The molecule has 2 aliphatic heterocycles. The fraction of sp³-hybridized carbons (Fsp3) is 0.308. The lowest BCUT2D eigenvalue weighted by molar-refractivity contribution is -0.132. The molecule has 3 heterocycles. The number of hydrogen-bond donors (Lipinski definition) is 2. The van der Waals surface area contributed by atoms with Crippen molar-refractivity contribution in [1.82, 2.24) is 20.2 Å². The minimum absolute atomic E-state index is 0.0480. The Labute approximate surface area is 191 Å². The molecule has 0 bridgehead atoms. The number of amides is 2. The number of hydrogen-bond acceptors (Lipinski definition) is 4. The molecular weight excluding hydrogens is 416 g/mol. The second-order valence-electron chi connectivity index (χ2n) is 8.74. The second kappa shape index (κ2) is 8.65. The van der Waals surface area contributed by atoms with E-state index in [2.05, 4.69) is 10.3 Å².